The second kappa shape index (κ2) is 4.16. The van der Waals surface area contributed by atoms with Crippen LogP contribution < -0.4 is 5.73 Å². The van der Waals surface area contributed by atoms with Gasteiger partial charge in [-0.15, -0.1) is 0 Å². The Labute approximate surface area is 77.7 Å². The van der Waals surface area contributed by atoms with E-state index >= 15 is 0 Å². The van der Waals surface area contributed by atoms with Gasteiger partial charge in [-0.25, -0.2) is 0 Å². The lowest BCUT2D eigenvalue weighted by Gasteiger charge is -2.07. The maximum atomic E-state index is 7.15. The smallest absolute Gasteiger partial charge is 0.104 e. The third-order valence-electron chi connectivity index (χ3n) is 1.63. The van der Waals surface area contributed by atoms with Gasteiger partial charge in [0.2, 0.25) is 0 Å². The number of amidine groups is 1. The van der Waals surface area contributed by atoms with Gasteiger partial charge in [0.15, 0.2) is 0 Å². The van der Waals surface area contributed by atoms with E-state index < -0.39 is 0 Å². The number of hydrogen-bond donors (Lipinski definition) is 3. The van der Waals surface area contributed by atoms with E-state index in [9.17, 15) is 0 Å². The van der Waals surface area contributed by atoms with Gasteiger partial charge < -0.3 is 5.73 Å². The van der Waals surface area contributed by atoms with E-state index in [4.69, 9.17) is 11.1 Å². The fourth-order valence-electron chi connectivity index (χ4n) is 0.947. The molecule has 0 aromatic heterocycles. The first-order valence-corrected chi connectivity index (χ1v) is 4.27. The molecule has 0 aliphatic rings. The number of thiol groups is 1. The predicted octanol–water partition coefficient (Wildman–Crippen LogP) is 1.46. The van der Waals surface area contributed by atoms with Crippen molar-refractivity contribution in [1.29, 1.82) is 5.41 Å². The average Bonchev–Trinajstić information content (AvgIpc) is 2.06. The molecular formula is C9H12N2S. The summed E-state index contributed by atoms with van der Waals surface area (Å²) in [6.07, 6.45) is 0.722. The highest BCUT2D eigenvalue weighted by atomic mass is 32.1. The van der Waals surface area contributed by atoms with Gasteiger partial charge in [-0.05, 0) is 12.0 Å². The van der Waals surface area contributed by atoms with E-state index in [0.717, 1.165) is 12.0 Å². The molecule has 3 N–H and O–H groups in total. The lowest BCUT2D eigenvalue weighted by Crippen LogP contribution is -2.24. The molecule has 0 bridgehead atoms. The van der Waals surface area contributed by atoms with Crippen LogP contribution in [0.1, 0.15) is 5.56 Å². The zero-order valence-corrected chi connectivity index (χ0v) is 7.59. The van der Waals surface area contributed by atoms with Gasteiger partial charge in [0.1, 0.15) is 5.84 Å². The molecule has 0 amide bonds. The lowest BCUT2D eigenvalue weighted by molar-refractivity contribution is 1.04. The summed E-state index contributed by atoms with van der Waals surface area (Å²) >= 11 is 4.19. The summed E-state index contributed by atoms with van der Waals surface area (Å²) in [4.78, 5) is 0. The highest BCUT2D eigenvalue weighted by molar-refractivity contribution is 7.81. The number of benzene rings is 1. The van der Waals surface area contributed by atoms with E-state index in [1.54, 1.807) is 0 Å². The van der Waals surface area contributed by atoms with Gasteiger partial charge in [-0.2, -0.15) is 12.6 Å². The molecule has 0 saturated carbocycles. The molecule has 12 heavy (non-hydrogen) atoms. The summed E-state index contributed by atoms with van der Waals surface area (Å²) in [6, 6.07) is 9.91. The number of nitrogens with two attached hydrogens (primary N) is 1. The lowest BCUT2D eigenvalue weighted by atomic mass is 10.1. The van der Waals surface area contributed by atoms with Crippen LogP contribution in [0.2, 0.25) is 0 Å². The molecule has 2 nitrogen and oxygen atoms in total. The number of hydrogen-bond acceptors (Lipinski definition) is 2. The van der Waals surface area contributed by atoms with E-state index in [-0.39, 0.29) is 11.1 Å². The third kappa shape index (κ3) is 2.58. The van der Waals surface area contributed by atoms with Crippen molar-refractivity contribution in [2.45, 2.75) is 11.7 Å². The SMILES string of the molecule is N=C(N)C(S)Cc1ccccc1. The van der Waals surface area contributed by atoms with E-state index in [2.05, 4.69) is 12.6 Å². The predicted molar refractivity (Wildman–Crippen MR) is 54.8 cm³/mol. The zero-order valence-electron chi connectivity index (χ0n) is 6.70. The Morgan fingerprint density at radius 1 is 1.42 bits per heavy atom. The molecule has 1 rings (SSSR count). The monoisotopic (exact) mass is 180 g/mol. The molecule has 0 fully saturated rings. The Hall–Kier alpha value is -0.960. The summed E-state index contributed by atoms with van der Waals surface area (Å²) in [6.45, 7) is 0. The highest BCUT2D eigenvalue weighted by Crippen LogP contribution is 2.06. The maximum Gasteiger partial charge on any atom is 0.104 e. The molecule has 3 heteroatoms. The van der Waals surface area contributed by atoms with Crippen molar-refractivity contribution < 1.29 is 0 Å². The molecule has 0 radical (unpaired) electrons. The first kappa shape index (κ1) is 9.13. The largest absolute Gasteiger partial charge is 0.387 e. The number of rotatable bonds is 3. The van der Waals surface area contributed by atoms with Crippen molar-refractivity contribution in [3.8, 4) is 0 Å². The Morgan fingerprint density at radius 3 is 2.50 bits per heavy atom. The average molecular weight is 180 g/mol. The van der Waals surface area contributed by atoms with Crippen LogP contribution in [0, 0.1) is 5.41 Å². The third-order valence-corrected chi connectivity index (χ3v) is 2.09. The Morgan fingerprint density at radius 2 is 2.00 bits per heavy atom. The summed E-state index contributed by atoms with van der Waals surface area (Å²) in [7, 11) is 0. The van der Waals surface area contributed by atoms with E-state index in [1.165, 1.54) is 0 Å². The van der Waals surface area contributed by atoms with Crippen LogP contribution in [0.5, 0.6) is 0 Å². The minimum absolute atomic E-state index is 0.127. The quantitative estimate of drug-likeness (QED) is 0.368. The fourth-order valence-corrected chi connectivity index (χ4v) is 1.16. The van der Waals surface area contributed by atoms with Crippen LogP contribution in [0.4, 0.5) is 0 Å². The van der Waals surface area contributed by atoms with Crippen molar-refractivity contribution in [3.05, 3.63) is 35.9 Å². The first-order chi connectivity index (χ1) is 5.70. The Kier molecular flexibility index (Phi) is 3.17. The van der Waals surface area contributed by atoms with E-state index in [1.807, 2.05) is 30.3 Å². The second-order valence-corrected chi connectivity index (χ2v) is 3.28. The Balaban J connectivity index is 2.58. The summed E-state index contributed by atoms with van der Waals surface area (Å²) in [5.41, 5.74) is 6.45. The minimum atomic E-state index is -0.160. The van der Waals surface area contributed by atoms with Gasteiger partial charge in [0, 0.05) is 0 Å². The summed E-state index contributed by atoms with van der Waals surface area (Å²) in [5.74, 6) is 0.127. The normalized spacial score (nSPS) is 12.4. The van der Waals surface area contributed by atoms with Gasteiger partial charge in [-0.1, -0.05) is 30.3 Å². The van der Waals surface area contributed by atoms with Crippen LogP contribution in [0.25, 0.3) is 0 Å². The Bertz CT molecular complexity index is 258. The molecular weight excluding hydrogens is 168 g/mol. The van der Waals surface area contributed by atoms with Crippen molar-refractivity contribution >= 4 is 18.5 Å². The topological polar surface area (TPSA) is 49.9 Å². The zero-order chi connectivity index (χ0) is 8.97. The molecule has 1 aromatic carbocycles. The van der Waals surface area contributed by atoms with Crippen LogP contribution >= 0.6 is 12.6 Å². The van der Waals surface area contributed by atoms with Crippen molar-refractivity contribution in [3.63, 3.8) is 0 Å². The van der Waals surface area contributed by atoms with Gasteiger partial charge in [-0.3, -0.25) is 5.41 Å². The molecule has 0 aliphatic heterocycles. The van der Waals surface area contributed by atoms with E-state index in [0.29, 0.717) is 0 Å². The molecule has 0 spiro atoms. The molecule has 0 heterocycles. The molecule has 64 valence electrons. The summed E-state index contributed by atoms with van der Waals surface area (Å²) in [5, 5.41) is 6.99. The maximum absolute atomic E-state index is 7.15. The molecule has 0 saturated heterocycles. The van der Waals surface area contributed by atoms with Crippen LogP contribution in [0.15, 0.2) is 30.3 Å². The van der Waals surface area contributed by atoms with Crippen molar-refractivity contribution in [2.24, 2.45) is 5.73 Å². The minimum Gasteiger partial charge on any atom is -0.387 e. The van der Waals surface area contributed by atoms with Crippen LogP contribution in [-0.2, 0) is 6.42 Å². The summed E-state index contributed by atoms with van der Waals surface area (Å²) < 4.78 is 0. The molecule has 1 unspecified atom stereocenters. The standard InChI is InChI=1S/C9H12N2S/c10-9(11)8(12)6-7-4-2-1-3-5-7/h1-5,8,12H,6H2,(H3,10,11). The van der Waals surface area contributed by atoms with Crippen molar-refractivity contribution in [2.75, 3.05) is 0 Å². The van der Waals surface area contributed by atoms with Gasteiger partial charge >= 0.3 is 0 Å². The van der Waals surface area contributed by atoms with Gasteiger partial charge in [0.25, 0.3) is 0 Å². The number of nitrogens with one attached hydrogen (secondary N) is 1. The van der Waals surface area contributed by atoms with Gasteiger partial charge in [0.05, 0.1) is 5.25 Å². The fraction of sp³-hybridized carbons (Fsp3) is 0.222. The molecule has 1 aromatic rings. The molecule has 1 atom stereocenters. The first-order valence-electron chi connectivity index (χ1n) is 3.76. The highest BCUT2D eigenvalue weighted by Gasteiger charge is 2.05. The second-order valence-electron chi connectivity index (χ2n) is 2.66. The molecule has 0 aliphatic carbocycles. The van der Waals surface area contributed by atoms with Crippen LogP contribution in [0.3, 0.4) is 0 Å². The van der Waals surface area contributed by atoms with Crippen molar-refractivity contribution in [1.82, 2.24) is 0 Å². The van der Waals surface area contributed by atoms with Crippen LogP contribution in [-0.4, -0.2) is 11.1 Å².